The average molecular weight is 337 g/mol. The van der Waals surface area contributed by atoms with E-state index in [0.717, 1.165) is 0 Å². The molecule has 3 aliphatic rings. The summed E-state index contributed by atoms with van der Waals surface area (Å²) in [5, 5.41) is 12.0. The Kier molecular flexibility index (Phi) is 3.06. The molecule has 2 bridgehead atoms. The van der Waals surface area contributed by atoms with Crippen LogP contribution in [0.5, 0.6) is 11.5 Å². The number of ether oxygens (including phenoxy) is 2. The van der Waals surface area contributed by atoms with Crippen LogP contribution in [0.2, 0.25) is 0 Å². The van der Waals surface area contributed by atoms with Crippen LogP contribution in [0.1, 0.15) is 6.42 Å². The number of nitrogens with one attached hydrogen (secondary N) is 1. The number of allylic oxidation sites excluding steroid dienone is 2. The van der Waals surface area contributed by atoms with Crippen LogP contribution in [-0.2, 0) is 9.59 Å². The molecule has 0 aromatic heterocycles. The maximum Gasteiger partial charge on any atom is 0.586 e. The van der Waals surface area contributed by atoms with Crippen LogP contribution in [0.3, 0.4) is 0 Å². The van der Waals surface area contributed by atoms with Crippen molar-refractivity contribution in [3.05, 3.63) is 30.4 Å². The molecule has 0 unspecified atom stereocenters. The zero-order valence-corrected chi connectivity index (χ0v) is 12.2. The van der Waals surface area contributed by atoms with Crippen LogP contribution in [0.4, 0.5) is 14.5 Å². The lowest BCUT2D eigenvalue weighted by Gasteiger charge is -2.23. The van der Waals surface area contributed by atoms with Gasteiger partial charge in [-0.1, -0.05) is 12.2 Å². The van der Waals surface area contributed by atoms with E-state index in [-0.39, 0.29) is 29.0 Å². The normalized spacial score (nSPS) is 31.2. The second-order valence-electron chi connectivity index (χ2n) is 6.16. The molecule has 4 rings (SSSR count). The molecule has 1 fully saturated rings. The number of anilines is 1. The predicted octanol–water partition coefficient (Wildman–Crippen LogP) is 2.47. The van der Waals surface area contributed by atoms with E-state index >= 15 is 0 Å². The van der Waals surface area contributed by atoms with Crippen molar-refractivity contribution in [3.8, 4) is 11.5 Å². The van der Waals surface area contributed by atoms with Gasteiger partial charge in [0.05, 0.1) is 11.8 Å². The highest BCUT2D eigenvalue weighted by molar-refractivity contribution is 5.96. The van der Waals surface area contributed by atoms with Gasteiger partial charge in [-0.25, -0.2) is 0 Å². The van der Waals surface area contributed by atoms with Crippen molar-refractivity contribution in [2.45, 2.75) is 12.7 Å². The molecule has 24 heavy (non-hydrogen) atoms. The minimum absolute atomic E-state index is 0.116. The molecule has 6 nitrogen and oxygen atoms in total. The van der Waals surface area contributed by atoms with Gasteiger partial charge in [-0.2, -0.15) is 0 Å². The Morgan fingerprint density at radius 2 is 1.79 bits per heavy atom. The summed E-state index contributed by atoms with van der Waals surface area (Å²) in [4.78, 5) is 24.0. The molecular formula is C16H13F2NO5. The van der Waals surface area contributed by atoms with Crippen molar-refractivity contribution in [1.82, 2.24) is 0 Å². The zero-order valence-electron chi connectivity index (χ0n) is 12.2. The highest BCUT2D eigenvalue weighted by Gasteiger charge is 2.51. The van der Waals surface area contributed by atoms with Crippen LogP contribution < -0.4 is 14.8 Å². The van der Waals surface area contributed by atoms with Gasteiger partial charge in [0, 0.05) is 11.8 Å². The Morgan fingerprint density at radius 1 is 1.12 bits per heavy atom. The van der Waals surface area contributed by atoms with Crippen molar-refractivity contribution >= 4 is 17.6 Å². The second kappa shape index (κ2) is 4.93. The molecule has 0 radical (unpaired) electrons. The summed E-state index contributed by atoms with van der Waals surface area (Å²) >= 11 is 0. The molecule has 1 aliphatic heterocycles. The zero-order chi connectivity index (χ0) is 17.1. The van der Waals surface area contributed by atoms with Gasteiger partial charge in [0.25, 0.3) is 0 Å². The third kappa shape index (κ3) is 2.29. The number of carbonyl (C=O) groups is 2. The highest BCUT2D eigenvalue weighted by Crippen LogP contribution is 2.49. The summed E-state index contributed by atoms with van der Waals surface area (Å²) in [6.45, 7) is 0. The van der Waals surface area contributed by atoms with Crippen molar-refractivity contribution in [2.24, 2.45) is 23.7 Å². The molecule has 2 aliphatic carbocycles. The Hall–Kier alpha value is -2.64. The molecular weight excluding hydrogens is 324 g/mol. The molecule has 4 atom stereocenters. The maximum absolute atomic E-state index is 13.0. The lowest BCUT2D eigenvalue weighted by atomic mass is 9.82. The van der Waals surface area contributed by atoms with E-state index < -0.39 is 30.0 Å². The first-order valence-corrected chi connectivity index (χ1v) is 7.46. The number of hydrogen-bond donors (Lipinski definition) is 2. The molecule has 1 heterocycles. The Morgan fingerprint density at radius 3 is 2.50 bits per heavy atom. The van der Waals surface area contributed by atoms with E-state index in [1.165, 1.54) is 18.2 Å². The lowest BCUT2D eigenvalue weighted by molar-refractivity contribution is -0.286. The monoisotopic (exact) mass is 337 g/mol. The summed E-state index contributed by atoms with van der Waals surface area (Å²) in [6, 6.07) is 3.90. The maximum atomic E-state index is 13.0. The Balaban J connectivity index is 1.53. The molecule has 1 amide bonds. The van der Waals surface area contributed by atoms with Gasteiger partial charge < -0.3 is 19.9 Å². The standard InChI is InChI=1S/C16H13F2NO5/c17-16(18)23-10-4-3-9(6-11(10)24-16)19-14(20)12-7-1-2-8(5-7)13(12)15(21)22/h1-4,6-8,12-13H,5H2,(H,19,20)(H,21,22)/t7-,8-,12+,13+/m0/s1. The minimum atomic E-state index is -3.73. The number of aliphatic carboxylic acids is 1. The smallest absolute Gasteiger partial charge is 0.481 e. The summed E-state index contributed by atoms with van der Waals surface area (Å²) < 4.78 is 34.7. The van der Waals surface area contributed by atoms with Crippen molar-refractivity contribution in [2.75, 3.05) is 5.32 Å². The predicted molar refractivity (Wildman–Crippen MR) is 76.6 cm³/mol. The van der Waals surface area contributed by atoms with E-state index in [2.05, 4.69) is 14.8 Å². The van der Waals surface area contributed by atoms with E-state index in [9.17, 15) is 23.5 Å². The highest BCUT2D eigenvalue weighted by atomic mass is 19.3. The first-order valence-electron chi connectivity index (χ1n) is 7.46. The molecule has 2 N–H and O–H groups in total. The summed E-state index contributed by atoms with van der Waals surface area (Å²) in [6.07, 6.45) is 0.627. The van der Waals surface area contributed by atoms with Gasteiger partial charge in [0.1, 0.15) is 0 Å². The van der Waals surface area contributed by atoms with Crippen LogP contribution in [0.15, 0.2) is 30.4 Å². The molecule has 126 valence electrons. The van der Waals surface area contributed by atoms with Crippen LogP contribution >= 0.6 is 0 Å². The van der Waals surface area contributed by atoms with E-state index in [0.29, 0.717) is 6.42 Å². The largest absolute Gasteiger partial charge is 0.586 e. The van der Waals surface area contributed by atoms with Crippen LogP contribution in [-0.4, -0.2) is 23.3 Å². The quantitative estimate of drug-likeness (QED) is 0.828. The Labute approximate surface area is 135 Å². The molecule has 0 saturated heterocycles. The van der Waals surface area contributed by atoms with Crippen molar-refractivity contribution in [3.63, 3.8) is 0 Å². The van der Waals surface area contributed by atoms with Gasteiger partial charge in [-0.15, -0.1) is 8.78 Å². The van der Waals surface area contributed by atoms with E-state index in [4.69, 9.17) is 0 Å². The number of benzene rings is 1. The fourth-order valence-electron chi connectivity index (χ4n) is 3.77. The number of hydrogen-bond acceptors (Lipinski definition) is 4. The number of halogens is 2. The number of carboxylic acids is 1. The number of rotatable bonds is 3. The Bertz CT molecular complexity index is 763. The number of carboxylic acid groups (broad SMARTS) is 1. The van der Waals surface area contributed by atoms with Crippen LogP contribution in [0.25, 0.3) is 0 Å². The van der Waals surface area contributed by atoms with E-state index in [1.807, 2.05) is 12.2 Å². The van der Waals surface area contributed by atoms with Gasteiger partial charge in [0.15, 0.2) is 11.5 Å². The summed E-state index contributed by atoms with van der Waals surface area (Å²) in [5.41, 5.74) is 0.246. The topological polar surface area (TPSA) is 84.9 Å². The molecule has 0 spiro atoms. The third-order valence-electron chi connectivity index (χ3n) is 4.72. The van der Waals surface area contributed by atoms with Gasteiger partial charge in [0.2, 0.25) is 5.91 Å². The molecule has 8 heteroatoms. The van der Waals surface area contributed by atoms with Crippen molar-refractivity contribution in [1.29, 1.82) is 0 Å². The summed E-state index contributed by atoms with van der Waals surface area (Å²) in [5.74, 6) is -3.44. The fraction of sp³-hybridized carbons (Fsp3) is 0.375. The van der Waals surface area contributed by atoms with Gasteiger partial charge in [-0.05, 0) is 30.4 Å². The van der Waals surface area contributed by atoms with Crippen LogP contribution in [0, 0.1) is 23.7 Å². The first-order chi connectivity index (χ1) is 11.3. The molecule has 1 aromatic rings. The summed E-state index contributed by atoms with van der Waals surface area (Å²) in [7, 11) is 0. The lowest BCUT2D eigenvalue weighted by Crippen LogP contribution is -2.36. The first kappa shape index (κ1) is 14.9. The third-order valence-corrected chi connectivity index (χ3v) is 4.72. The van der Waals surface area contributed by atoms with Gasteiger partial charge in [-0.3, -0.25) is 9.59 Å². The molecule has 1 saturated carbocycles. The van der Waals surface area contributed by atoms with E-state index in [1.54, 1.807) is 0 Å². The minimum Gasteiger partial charge on any atom is -0.481 e. The average Bonchev–Trinajstić information content (AvgIpc) is 3.16. The number of amides is 1. The SMILES string of the molecule is O=C(O)[C@H]1[C@H](C(=O)Nc2ccc3c(c2)OC(F)(F)O3)[C@H]2C=C[C@H]1C2. The number of fused-ring (bicyclic) bond motifs is 3. The number of carbonyl (C=O) groups excluding carboxylic acids is 1. The molecule has 1 aromatic carbocycles. The second-order valence-corrected chi connectivity index (χ2v) is 6.16. The fourth-order valence-corrected chi connectivity index (χ4v) is 3.77. The van der Waals surface area contributed by atoms with Crippen molar-refractivity contribution < 1.29 is 33.0 Å². The number of alkyl halides is 2. The van der Waals surface area contributed by atoms with Gasteiger partial charge >= 0.3 is 12.3 Å².